The summed E-state index contributed by atoms with van der Waals surface area (Å²) in [6, 6.07) is 16.9. The second-order valence-corrected chi connectivity index (χ2v) is 6.24. The molecule has 0 aliphatic rings. The molecule has 0 aliphatic carbocycles. The third-order valence-electron chi connectivity index (χ3n) is 2.88. The maximum absolute atomic E-state index is 12.2. The second-order valence-electron chi connectivity index (χ2n) is 4.82. The Labute approximate surface area is 134 Å². The minimum absolute atomic E-state index is 0.0752. The van der Waals surface area contributed by atoms with Crippen LogP contribution in [0.5, 0.6) is 0 Å². The van der Waals surface area contributed by atoms with Gasteiger partial charge in [-0.05, 0) is 37.3 Å². The Bertz CT molecular complexity index is 659. The van der Waals surface area contributed by atoms with Gasteiger partial charge in [-0.3, -0.25) is 9.59 Å². The minimum atomic E-state index is -0.216. The second kappa shape index (κ2) is 7.66. The maximum atomic E-state index is 12.2. The van der Waals surface area contributed by atoms with E-state index < -0.39 is 0 Å². The summed E-state index contributed by atoms with van der Waals surface area (Å²) in [5.74, 6) is -0.217. The van der Waals surface area contributed by atoms with Crippen LogP contribution in [0.3, 0.4) is 0 Å². The number of benzene rings is 2. The van der Waals surface area contributed by atoms with E-state index in [4.69, 9.17) is 0 Å². The van der Waals surface area contributed by atoms with Crippen LogP contribution in [-0.2, 0) is 9.59 Å². The Morgan fingerprint density at radius 2 is 1.59 bits per heavy atom. The standard InChI is InChI=1S/C17H18N2O2S/c1-12(22-16-9-4-3-5-10-16)17(21)19-15-8-6-7-14(11-15)18-13(2)20/h3-12H,1-2H3,(H,18,20)(H,19,21). The molecule has 0 bridgehead atoms. The van der Waals surface area contributed by atoms with Crippen LogP contribution >= 0.6 is 11.8 Å². The number of hydrogen-bond acceptors (Lipinski definition) is 3. The molecule has 2 amide bonds. The molecule has 0 aromatic heterocycles. The molecule has 4 nitrogen and oxygen atoms in total. The number of carbonyl (C=O) groups excluding carboxylic acids is 2. The molecule has 0 saturated carbocycles. The first-order valence-electron chi connectivity index (χ1n) is 6.95. The highest BCUT2D eigenvalue weighted by molar-refractivity contribution is 8.00. The molecule has 1 unspecified atom stereocenters. The Kier molecular flexibility index (Phi) is 5.61. The fourth-order valence-electron chi connectivity index (χ4n) is 1.88. The summed E-state index contributed by atoms with van der Waals surface area (Å²) in [5, 5.41) is 5.34. The zero-order valence-corrected chi connectivity index (χ0v) is 13.3. The predicted molar refractivity (Wildman–Crippen MR) is 91.1 cm³/mol. The van der Waals surface area contributed by atoms with Gasteiger partial charge in [-0.25, -0.2) is 0 Å². The van der Waals surface area contributed by atoms with Crippen LogP contribution in [0.15, 0.2) is 59.5 Å². The van der Waals surface area contributed by atoms with Crippen LogP contribution in [0.2, 0.25) is 0 Å². The van der Waals surface area contributed by atoms with Gasteiger partial charge in [-0.2, -0.15) is 0 Å². The molecule has 0 aliphatic heterocycles. The summed E-state index contributed by atoms with van der Waals surface area (Å²) in [6.07, 6.45) is 0. The average Bonchev–Trinajstić information content (AvgIpc) is 2.48. The van der Waals surface area contributed by atoms with E-state index in [1.165, 1.54) is 18.7 Å². The summed E-state index contributed by atoms with van der Waals surface area (Å²) in [4.78, 5) is 24.3. The summed E-state index contributed by atoms with van der Waals surface area (Å²) in [5.41, 5.74) is 1.32. The lowest BCUT2D eigenvalue weighted by Crippen LogP contribution is -2.22. The third kappa shape index (κ3) is 4.93. The molecule has 2 N–H and O–H groups in total. The van der Waals surface area contributed by atoms with Crippen LogP contribution in [0.25, 0.3) is 0 Å². The molecule has 2 rings (SSSR count). The molecule has 2 aromatic rings. The molecule has 22 heavy (non-hydrogen) atoms. The highest BCUT2D eigenvalue weighted by Crippen LogP contribution is 2.24. The van der Waals surface area contributed by atoms with Gasteiger partial charge < -0.3 is 10.6 Å². The molecule has 0 radical (unpaired) electrons. The highest BCUT2D eigenvalue weighted by atomic mass is 32.2. The Morgan fingerprint density at radius 1 is 0.955 bits per heavy atom. The first kappa shape index (κ1) is 16.1. The fraction of sp³-hybridized carbons (Fsp3) is 0.176. The van der Waals surface area contributed by atoms with Crippen LogP contribution < -0.4 is 10.6 Å². The van der Waals surface area contributed by atoms with Gasteiger partial charge in [0.25, 0.3) is 0 Å². The number of anilines is 2. The van der Waals surface area contributed by atoms with Crippen molar-refractivity contribution in [1.82, 2.24) is 0 Å². The first-order chi connectivity index (χ1) is 10.5. The molecule has 0 fully saturated rings. The molecular formula is C17H18N2O2S. The lowest BCUT2D eigenvalue weighted by Gasteiger charge is -2.13. The number of hydrogen-bond donors (Lipinski definition) is 2. The predicted octanol–water partition coefficient (Wildman–Crippen LogP) is 3.76. The van der Waals surface area contributed by atoms with Gasteiger partial charge in [0.15, 0.2) is 0 Å². The molecule has 1 atom stereocenters. The average molecular weight is 314 g/mol. The van der Waals surface area contributed by atoms with Crippen molar-refractivity contribution < 1.29 is 9.59 Å². The maximum Gasteiger partial charge on any atom is 0.237 e. The SMILES string of the molecule is CC(=O)Nc1cccc(NC(=O)C(C)Sc2ccccc2)c1. The lowest BCUT2D eigenvalue weighted by molar-refractivity contribution is -0.115. The van der Waals surface area contributed by atoms with Gasteiger partial charge in [0.05, 0.1) is 5.25 Å². The van der Waals surface area contributed by atoms with Crippen molar-refractivity contribution in [3.05, 3.63) is 54.6 Å². The van der Waals surface area contributed by atoms with E-state index in [0.29, 0.717) is 11.4 Å². The monoisotopic (exact) mass is 314 g/mol. The first-order valence-corrected chi connectivity index (χ1v) is 7.83. The molecular weight excluding hydrogens is 296 g/mol. The van der Waals surface area contributed by atoms with Gasteiger partial charge in [-0.1, -0.05) is 24.3 Å². The normalized spacial score (nSPS) is 11.5. The number of nitrogens with one attached hydrogen (secondary N) is 2. The van der Waals surface area contributed by atoms with E-state index in [-0.39, 0.29) is 17.1 Å². The van der Waals surface area contributed by atoms with Crippen molar-refractivity contribution in [1.29, 1.82) is 0 Å². The quantitative estimate of drug-likeness (QED) is 0.826. The van der Waals surface area contributed by atoms with Crippen LogP contribution in [-0.4, -0.2) is 17.1 Å². The van der Waals surface area contributed by atoms with Crippen LogP contribution in [0.4, 0.5) is 11.4 Å². The lowest BCUT2D eigenvalue weighted by atomic mass is 10.2. The number of carbonyl (C=O) groups is 2. The Hall–Kier alpha value is -2.27. The Morgan fingerprint density at radius 3 is 2.23 bits per heavy atom. The van der Waals surface area contributed by atoms with E-state index in [2.05, 4.69) is 10.6 Å². The van der Waals surface area contributed by atoms with E-state index in [1.54, 1.807) is 24.3 Å². The van der Waals surface area contributed by atoms with Gasteiger partial charge in [0.2, 0.25) is 11.8 Å². The van der Waals surface area contributed by atoms with Gasteiger partial charge in [0.1, 0.15) is 0 Å². The summed E-state index contributed by atoms with van der Waals surface area (Å²) < 4.78 is 0. The van der Waals surface area contributed by atoms with Crippen molar-refractivity contribution in [2.45, 2.75) is 24.0 Å². The van der Waals surface area contributed by atoms with Crippen molar-refractivity contribution >= 4 is 35.0 Å². The van der Waals surface area contributed by atoms with Crippen molar-refractivity contribution in [2.24, 2.45) is 0 Å². The molecule has 5 heteroatoms. The van der Waals surface area contributed by atoms with E-state index in [9.17, 15) is 9.59 Å². The van der Waals surface area contributed by atoms with Gasteiger partial charge in [-0.15, -0.1) is 11.8 Å². The molecule has 2 aromatic carbocycles. The Balaban J connectivity index is 1.97. The van der Waals surface area contributed by atoms with E-state index >= 15 is 0 Å². The smallest absolute Gasteiger partial charge is 0.237 e. The highest BCUT2D eigenvalue weighted by Gasteiger charge is 2.14. The van der Waals surface area contributed by atoms with Crippen molar-refractivity contribution in [3.63, 3.8) is 0 Å². The fourth-order valence-corrected chi connectivity index (χ4v) is 2.77. The van der Waals surface area contributed by atoms with Crippen molar-refractivity contribution in [3.8, 4) is 0 Å². The number of amides is 2. The minimum Gasteiger partial charge on any atom is -0.326 e. The third-order valence-corrected chi connectivity index (χ3v) is 3.99. The summed E-state index contributed by atoms with van der Waals surface area (Å²) in [6.45, 7) is 3.31. The largest absolute Gasteiger partial charge is 0.326 e. The number of rotatable bonds is 5. The number of thioether (sulfide) groups is 1. The van der Waals surface area contributed by atoms with Crippen LogP contribution in [0.1, 0.15) is 13.8 Å². The molecule has 0 heterocycles. The van der Waals surface area contributed by atoms with Crippen LogP contribution in [0, 0.1) is 0 Å². The topological polar surface area (TPSA) is 58.2 Å². The zero-order valence-electron chi connectivity index (χ0n) is 12.5. The van der Waals surface area contributed by atoms with Gasteiger partial charge in [0, 0.05) is 23.2 Å². The van der Waals surface area contributed by atoms with E-state index in [1.807, 2.05) is 37.3 Å². The summed E-state index contributed by atoms with van der Waals surface area (Å²) >= 11 is 1.50. The summed E-state index contributed by atoms with van der Waals surface area (Å²) in [7, 11) is 0. The van der Waals surface area contributed by atoms with Crippen molar-refractivity contribution in [2.75, 3.05) is 10.6 Å². The zero-order chi connectivity index (χ0) is 15.9. The van der Waals surface area contributed by atoms with E-state index in [0.717, 1.165) is 4.90 Å². The molecule has 0 spiro atoms. The molecule has 0 saturated heterocycles. The van der Waals surface area contributed by atoms with Gasteiger partial charge >= 0.3 is 0 Å². The molecule has 114 valence electrons.